The molecular formula is C22H33N3O3. The Bertz CT molecular complexity index is 700. The second-order valence-electron chi connectivity index (χ2n) is 8.18. The van der Waals surface area contributed by atoms with Crippen LogP contribution in [0.4, 0.5) is 0 Å². The number of ether oxygens (including phenoxy) is 1. The average Bonchev–Trinajstić information content (AvgIpc) is 3.02. The summed E-state index contributed by atoms with van der Waals surface area (Å²) in [5.74, 6) is -0.202. The minimum Gasteiger partial charge on any atom is -0.383 e. The largest absolute Gasteiger partial charge is 0.383 e. The molecule has 1 aromatic rings. The van der Waals surface area contributed by atoms with Gasteiger partial charge in [0.1, 0.15) is 0 Å². The van der Waals surface area contributed by atoms with Gasteiger partial charge in [0.05, 0.1) is 18.6 Å². The van der Waals surface area contributed by atoms with Crippen LogP contribution in [0.15, 0.2) is 24.3 Å². The highest BCUT2D eigenvalue weighted by atomic mass is 16.5. The van der Waals surface area contributed by atoms with E-state index < -0.39 is 0 Å². The Labute approximate surface area is 168 Å². The molecule has 0 spiro atoms. The summed E-state index contributed by atoms with van der Waals surface area (Å²) >= 11 is 0. The summed E-state index contributed by atoms with van der Waals surface area (Å²) in [5.41, 5.74) is 2.18. The van der Waals surface area contributed by atoms with Crippen LogP contribution in [0.5, 0.6) is 0 Å². The average molecular weight is 388 g/mol. The molecule has 0 radical (unpaired) electrons. The molecule has 6 heteroatoms. The first-order valence-electron chi connectivity index (χ1n) is 10.2. The molecule has 2 heterocycles. The van der Waals surface area contributed by atoms with Crippen LogP contribution in [0.1, 0.15) is 36.4 Å². The van der Waals surface area contributed by atoms with Gasteiger partial charge in [0.15, 0.2) is 0 Å². The van der Waals surface area contributed by atoms with Crippen molar-refractivity contribution in [3.63, 3.8) is 0 Å². The lowest BCUT2D eigenvalue weighted by atomic mass is 9.89. The first-order chi connectivity index (χ1) is 13.4. The lowest BCUT2D eigenvalue weighted by Crippen LogP contribution is -2.47. The number of hydrogen-bond acceptors (Lipinski definition) is 4. The van der Waals surface area contributed by atoms with Crippen LogP contribution in [-0.4, -0.2) is 80.0 Å². The van der Waals surface area contributed by atoms with Gasteiger partial charge in [-0.05, 0) is 51.0 Å². The van der Waals surface area contributed by atoms with Gasteiger partial charge < -0.3 is 19.4 Å². The van der Waals surface area contributed by atoms with Gasteiger partial charge in [-0.2, -0.15) is 0 Å². The molecule has 2 atom stereocenters. The highest BCUT2D eigenvalue weighted by Gasteiger charge is 2.46. The van der Waals surface area contributed by atoms with Crippen molar-refractivity contribution < 1.29 is 14.3 Å². The Kier molecular flexibility index (Phi) is 6.73. The molecular weight excluding hydrogens is 354 g/mol. The fraction of sp³-hybridized carbons (Fsp3) is 0.636. The van der Waals surface area contributed by atoms with Crippen LogP contribution in [0.2, 0.25) is 0 Å². The van der Waals surface area contributed by atoms with Gasteiger partial charge in [0, 0.05) is 33.2 Å². The summed E-state index contributed by atoms with van der Waals surface area (Å²) in [6.07, 6.45) is 2.25. The predicted molar refractivity (Wildman–Crippen MR) is 109 cm³/mol. The summed E-state index contributed by atoms with van der Waals surface area (Å²) in [6, 6.07) is 8.12. The van der Waals surface area contributed by atoms with Gasteiger partial charge in [-0.15, -0.1) is 0 Å². The van der Waals surface area contributed by atoms with E-state index in [0.29, 0.717) is 13.2 Å². The number of carbonyl (C=O) groups is 2. The van der Waals surface area contributed by atoms with Crippen LogP contribution in [-0.2, 0) is 14.3 Å². The van der Waals surface area contributed by atoms with E-state index >= 15 is 0 Å². The van der Waals surface area contributed by atoms with Crippen molar-refractivity contribution in [2.24, 2.45) is 5.92 Å². The van der Waals surface area contributed by atoms with Crippen LogP contribution in [0, 0.1) is 12.8 Å². The summed E-state index contributed by atoms with van der Waals surface area (Å²) in [4.78, 5) is 32.4. The van der Waals surface area contributed by atoms with Gasteiger partial charge in [-0.1, -0.05) is 24.3 Å². The summed E-state index contributed by atoms with van der Waals surface area (Å²) in [7, 11) is 5.67. The Morgan fingerprint density at radius 3 is 2.57 bits per heavy atom. The minimum absolute atomic E-state index is 0.0421. The highest BCUT2D eigenvalue weighted by Crippen LogP contribution is 2.40. The molecule has 2 amide bonds. The lowest BCUT2D eigenvalue weighted by molar-refractivity contribution is -0.138. The number of likely N-dealkylation sites (tertiary alicyclic amines) is 2. The molecule has 0 aromatic heterocycles. The van der Waals surface area contributed by atoms with Crippen molar-refractivity contribution in [1.29, 1.82) is 0 Å². The van der Waals surface area contributed by atoms with E-state index in [9.17, 15) is 9.59 Å². The van der Waals surface area contributed by atoms with Crippen molar-refractivity contribution in [1.82, 2.24) is 14.7 Å². The third kappa shape index (κ3) is 4.23. The number of methoxy groups -OCH3 is 1. The smallest absolute Gasteiger partial charge is 0.228 e. The number of rotatable bonds is 6. The normalized spacial score (nSPS) is 24.0. The molecule has 2 aliphatic heterocycles. The molecule has 0 aliphatic carbocycles. The second-order valence-corrected chi connectivity index (χ2v) is 8.18. The van der Waals surface area contributed by atoms with Gasteiger partial charge in [0.25, 0.3) is 0 Å². The zero-order chi connectivity index (χ0) is 20.3. The summed E-state index contributed by atoms with van der Waals surface area (Å²) in [6.45, 7) is 5.05. The molecule has 1 aromatic carbocycles. The van der Waals surface area contributed by atoms with Crippen molar-refractivity contribution in [2.45, 2.75) is 38.3 Å². The molecule has 0 saturated carbocycles. The van der Waals surface area contributed by atoms with Crippen molar-refractivity contribution in [3.8, 4) is 0 Å². The van der Waals surface area contributed by atoms with E-state index in [1.807, 2.05) is 35.0 Å². The number of nitrogens with zero attached hydrogens (tertiary/aromatic N) is 3. The zero-order valence-electron chi connectivity index (χ0n) is 17.6. The second kappa shape index (κ2) is 9.05. The van der Waals surface area contributed by atoms with E-state index in [0.717, 1.165) is 37.1 Å². The molecule has 3 rings (SSSR count). The molecule has 0 N–H and O–H groups in total. The fourth-order valence-corrected chi connectivity index (χ4v) is 4.59. The lowest BCUT2D eigenvalue weighted by Gasteiger charge is -2.37. The Balaban J connectivity index is 1.86. The van der Waals surface area contributed by atoms with Crippen LogP contribution in [0.3, 0.4) is 0 Å². The molecule has 2 saturated heterocycles. The number of hydrogen-bond donors (Lipinski definition) is 0. The Morgan fingerprint density at radius 2 is 1.93 bits per heavy atom. The van der Waals surface area contributed by atoms with Crippen molar-refractivity contribution >= 4 is 11.8 Å². The van der Waals surface area contributed by atoms with Crippen LogP contribution in [0.25, 0.3) is 0 Å². The molecule has 6 nitrogen and oxygen atoms in total. The van der Waals surface area contributed by atoms with E-state index in [1.165, 1.54) is 0 Å². The molecule has 0 unspecified atom stereocenters. The molecule has 28 heavy (non-hydrogen) atoms. The molecule has 2 fully saturated rings. The van der Waals surface area contributed by atoms with Crippen LogP contribution < -0.4 is 0 Å². The van der Waals surface area contributed by atoms with E-state index in [2.05, 4.69) is 24.9 Å². The monoisotopic (exact) mass is 387 g/mol. The van der Waals surface area contributed by atoms with Crippen molar-refractivity contribution in [2.75, 3.05) is 47.4 Å². The summed E-state index contributed by atoms with van der Waals surface area (Å²) < 4.78 is 5.22. The van der Waals surface area contributed by atoms with E-state index in [1.54, 1.807) is 7.11 Å². The summed E-state index contributed by atoms with van der Waals surface area (Å²) in [5, 5.41) is 0. The maximum absolute atomic E-state index is 13.5. The third-order valence-corrected chi connectivity index (χ3v) is 6.38. The molecule has 2 aliphatic rings. The van der Waals surface area contributed by atoms with Crippen molar-refractivity contribution in [3.05, 3.63) is 35.4 Å². The van der Waals surface area contributed by atoms with Gasteiger partial charge >= 0.3 is 0 Å². The third-order valence-electron chi connectivity index (χ3n) is 6.38. The fourth-order valence-electron chi connectivity index (χ4n) is 4.59. The molecule has 0 bridgehead atoms. The van der Waals surface area contributed by atoms with E-state index in [-0.39, 0.29) is 36.2 Å². The topological polar surface area (TPSA) is 53.1 Å². The quantitative estimate of drug-likeness (QED) is 0.750. The van der Waals surface area contributed by atoms with Crippen LogP contribution >= 0.6 is 0 Å². The van der Waals surface area contributed by atoms with Gasteiger partial charge in [-0.25, -0.2) is 0 Å². The van der Waals surface area contributed by atoms with E-state index in [4.69, 9.17) is 4.74 Å². The number of benzene rings is 1. The number of aryl methyl sites for hydroxylation is 1. The first-order valence-corrected chi connectivity index (χ1v) is 10.2. The first kappa shape index (κ1) is 20.8. The minimum atomic E-state index is -0.338. The van der Waals surface area contributed by atoms with Gasteiger partial charge in [-0.3, -0.25) is 9.59 Å². The Morgan fingerprint density at radius 1 is 1.25 bits per heavy atom. The maximum Gasteiger partial charge on any atom is 0.228 e. The SMILES string of the molecule is COCCN1C(=O)C[C@@H](C(=O)N(C)C2CCN(C)CC2)[C@@H]1c1ccccc1C. The number of amides is 2. The zero-order valence-corrected chi connectivity index (χ0v) is 17.6. The number of piperidine rings is 1. The molecule has 154 valence electrons. The highest BCUT2D eigenvalue weighted by molar-refractivity contribution is 5.90. The number of carbonyl (C=O) groups excluding carboxylic acids is 2. The maximum atomic E-state index is 13.5. The Hall–Kier alpha value is -1.92. The standard InChI is InChI=1S/C22H33N3O3/c1-16-7-5-6-8-18(16)21-19(15-20(26)25(21)13-14-28-4)22(27)24(3)17-9-11-23(2)12-10-17/h5-8,17,19,21H,9-15H2,1-4H3/t19-,21+/m1/s1. The van der Waals surface area contributed by atoms with Gasteiger partial charge in [0.2, 0.25) is 11.8 Å². The predicted octanol–water partition coefficient (Wildman–Crippen LogP) is 2.08.